The Balaban J connectivity index is 0.00000162. The van der Waals surface area contributed by atoms with Crippen LogP contribution in [-0.2, 0) is 0 Å². The second kappa shape index (κ2) is 7.67. The maximum atomic E-state index is 12.1. The van der Waals surface area contributed by atoms with E-state index in [1.165, 1.54) is 5.56 Å². The molecular formula is C13H19ClF2N2. The van der Waals surface area contributed by atoms with Crippen molar-refractivity contribution in [3.05, 3.63) is 35.9 Å². The van der Waals surface area contributed by atoms with E-state index in [0.717, 1.165) is 19.4 Å². The molecule has 0 amide bonds. The molecule has 1 aromatic rings. The maximum absolute atomic E-state index is 12.1. The third-order valence-corrected chi connectivity index (χ3v) is 3.17. The first-order valence-corrected chi connectivity index (χ1v) is 6.05. The van der Waals surface area contributed by atoms with Crippen molar-refractivity contribution in [2.75, 3.05) is 13.1 Å². The van der Waals surface area contributed by atoms with Crippen molar-refractivity contribution in [2.24, 2.45) is 0 Å². The van der Waals surface area contributed by atoms with Gasteiger partial charge >= 0.3 is 0 Å². The van der Waals surface area contributed by atoms with Crippen LogP contribution in [0.3, 0.4) is 0 Å². The highest BCUT2D eigenvalue weighted by Crippen LogP contribution is 2.22. The zero-order chi connectivity index (χ0) is 12.1. The zero-order valence-corrected chi connectivity index (χ0v) is 10.9. The average molecular weight is 277 g/mol. The smallest absolute Gasteiger partial charge is 0.250 e. The number of benzene rings is 1. The van der Waals surface area contributed by atoms with Crippen LogP contribution in [0.1, 0.15) is 24.4 Å². The van der Waals surface area contributed by atoms with Gasteiger partial charge in [-0.3, -0.25) is 0 Å². The molecule has 0 spiro atoms. The lowest BCUT2D eigenvalue weighted by atomic mass is 9.94. The van der Waals surface area contributed by atoms with Crippen molar-refractivity contribution in [1.29, 1.82) is 0 Å². The van der Waals surface area contributed by atoms with Gasteiger partial charge < -0.3 is 10.6 Å². The summed E-state index contributed by atoms with van der Waals surface area (Å²) in [6, 6.07) is 10.6. The van der Waals surface area contributed by atoms with Crippen LogP contribution in [0.5, 0.6) is 0 Å². The van der Waals surface area contributed by atoms with Crippen LogP contribution in [0, 0.1) is 0 Å². The summed E-state index contributed by atoms with van der Waals surface area (Å²) in [5.74, 6) is 0. The summed E-state index contributed by atoms with van der Waals surface area (Å²) in [5.41, 5.74) is 1.23. The molecule has 1 aliphatic rings. The molecule has 1 aliphatic heterocycles. The molecule has 102 valence electrons. The second-order valence-corrected chi connectivity index (χ2v) is 4.44. The highest BCUT2D eigenvalue weighted by Gasteiger charge is 2.22. The lowest BCUT2D eigenvalue weighted by molar-refractivity contribution is 0.136. The minimum Gasteiger partial charge on any atom is -0.310 e. The number of halogens is 3. The number of piperidine rings is 1. The van der Waals surface area contributed by atoms with Gasteiger partial charge in [0.25, 0.3) is 6.43 Å². The highest BCUT2D eigenvalue weighted by atomic mass is 35.5. The zero-order valence-electron chi connectivity index (χ0n) is 10.1. The lowest BCUT2D eigenvalue weighted by Crippen LogP contribution is -2.43. The van der Waals surface area contributed by atoms with Crippen LogP contribution >= 0.6 is 12.4 Å². The molecule has 0 aliphatic carbocycles. The molecule has 1 saturated heterocycles. The summed E-state index contributed by atoms with van der Waals surface area (Å²) < 4.78 is 24.3. The first-order valence-electron chi connectivity index (χ1n) is 6.05. The van der Waals surface area contributed by atoms with Gasteiger partial charge in [0.15, 0.2) is 0 Å². The fraction of sp³-hybridized carbons (Fsp3) is 0.538. The molecule has 18 heavy (non-hydrogen) atoms. The topological polar surface area (TPSA) is 24.1 Å². The minimum atomic E-state index is -2.26. The van der Waals surface area contributed by atoms with Gasteiger partial charge in [0.1, 0.15) is 0 Å². The van der Waals surface area contributed by atoms with Gasteiger partial charge in [0.2, 0.25) is 0 Å². The quantitative estimate of drug-likeness (QED) is 0.884. The van der Waals surface area contributed by atoms with E-state index in [9.17, 15) is 8.78 Å². The van der Waals surface area contributed by atoms with E-state index in [1.807, 2.05) is 18.2 Å². The molecule has 2 nitrogen and oxygen atoms in total. The summed E-state index contributed by atoms with van der Waals surface area (Å²) in [7, 11) is 0. The number of rotatable bonds is 4. The third-order valence-electron chi connectivity index (χ3n) is 3.17. The van der Waals surface area contributed by atoms with Gasteiger partial charge in [-0.1, -0.05) is 30.3 Å². The molecule has 0 saturated carbocycles. The first kappa shape index (κ1) is 15.3. The lowest BCUT2D eigenvalue weighted by Gasteiger charge is -2.31. The molecule has 2 N–H and O–H groups in total. The van der Waals surface area contributed by atoms with Gasteiger partial charge in [-0.15, -0.1) is 12.4 Å². The Morgan fingerprint density at radius 3 is 2.67 bits per heavy atom. The van der Waals surface area contributed by atoms with Crippen molar-refractivity contribution in [1.82, 2.24) is 10.6 Å². The largest absolute Gasteiger partial charge is 0.310 e. The third kappa shape index (κ3) is 4.52. The number of hydrogen-bond acceptors (Lipinski definition) is 2. The van der Waals surface area contributed by atoms with E-state index in [4.69, 9.17) is 0 Å². The number of hydrogen-bond donors (Lipinski definition) is 2. The Labute approximate surface area is 113 Å². The van der Waals surface area contributed by atoms with E-state index in [-0.39, 0.29) is 31.0 Å². The molecule has 5 heteroatoms. The van der Waals surface area contributed by atoms with Crippen LogP contribution < -0.4 is 10.6 Å². The molecule has 2 atom stereocenters. The summed E-state index contributed by atoms with van der Waals surface area (Å²) in [5, 5.41) is 6.36. The van der Waals surface area contributed by atoms with Gasteiger partial charge in [-0.25, -0.2) is 8.78 Å². The molecular weight excluding hydrogens is 258 g/mol. The molecule has 0 aromatic heterocycles. The van der Waals surface area contributed by atoms with Crippen LogP contribution in [0.2, 0.25) is 0 Å². The minimum absolute atomic E-state index is 0. The van der Waals surface area contributed by atoms with Crippen molar-refractivity contribution in [3.8, 4) is 0 Å². The van der Waals surface area contributed by atoms with Gasteiger partial charge in [0.05, 0.1) is 6.54 Å². The fourth-order valence-corrected chi connectivity index (χ4v) is 2.30. The molecule has 0 unspecified atom stereocenters. The molecule has 0 bridgehead atoms. The summed E-state index contributed by atoms with van der Waals surface area (Å²) in [4.78, 5) is 0. The van der Waals surface area contributed by atoms with E-state index >= 15 is 0 Å². The Hall–Kier alpha value is -0.710. The molecule has 1 fully saturated rings. The highest BCUT2D eigenvalue weighted by molar-refractivity contribution is 5.85. The van der Waals surface area contributed by atoms with Crippen LogP contribution in [0.4, 0.5) is 8.78 Å². The van der Waals surface area contributed by atoms with Gasteiger partial charge in [-0.2, -0.15) is 0 Å². The Morgan fingerprint density at radius 2 is 2.00 bits per heavy atom. The first-order chi connectivity index (χ1) is 8.25. The summed E-state index contributed by atoms with van der Waals surface area (Å²) >= 11 is 0. The van der Waals surface area contributed by atoms with Gasteiger partial charge in [-0.05, 0) is 24.9 Å². The van der Waals surface area contributed by atoms with Crippen molar-refractivity contribution in [2.45, 2.75) is 31.4 Å². The maximum Gasteiger partial charge on any atom is 0.250 e. The molecule has 1 aromatic carbocycles. The Kier molecular flexibility index (Phi) is 6.54. The van der Waals surface area contributed by atoms with Crippen molar-refractivity contribution in [3.63, 3.8) is 0 Å². The van der Waals surface area contributed by atoms with Crippen molar-refractivity contribution < 1.29 is 8.78 Å². The molecule has 2 rings (SSSR count). The summed E-state index contributed by atoms with van der Waals surface area (Å²) in [6.45, 7) is 0.673. The predicted octanol–water partition coefficient (Wildman–Crippen LogP) is 2.76. The van der Waals surface area contributed by atoms with E-state index < -0.39 is 6.43 Å². The predicted molar refractivity (Wildman–Crippen MR) is 71.5 cm³/mol. The summed E-state index contributed by atoms with van der Waals surface area (Å²) in [6.07, 6.45) is -0.479. The molecule has 0 radical (unpaired) electrons. The van der Waals surface area contributed by atoms with E-state index in [1.54, 1.807) is 0 Å². The number of alkyl halides is 2. The normalized spacial score (nSPS) is 23.7. The monoisotopic (exact) mass is 276 g/mol. The number of nitrogens with one attached hydrogen (secondary N) is 2. The van der Waals surface area contributed by atoms with E-state index in [2.05, 4.69) is 22.8 Å². The van der Waals surface area contributed by atoms with E-state index in [0.29, 0.717) is 0 Å². The van der Waals surface area contributed by atoms with Gasteiger partial charge in [0, 0.05) is 12.1 Å². The standard InChI is InChI=1S/C13H18F2N2.ClH/c14-13(15)9-17-11-6-7-16-12(8-11)10-4-2-1-3-5-10;/h1-5,11-13,16-17H,6-9H2;1H/t11-,12+;/m1./s1. The Bertz CT molecular complexity index is 335. The SMILES string of the molecule is Cl.FC(F)CN[C@@H]1CCN[C@H](c2ccccc2)C1. The fourth-order valence-electron chi connectivity index (χ4n) is 2.30. The Morgan fingerprint density at radius 1 is 1.28 bits per heavy atom. The second-order valence-electron chi connectivity index (χ2n) is 4.44. The van der Waals surface area contributed by atoms with Crippen LogP contribution in [-0.4, -0.2) is 25.6 Å². The van der Waals surface area contributed by atoms with Crippen molar-refractivity contribution >= 4 is 12.4 Å². The average Bonchev–Trinajstić information content (AvgIpc) is 2.38. The molecule has 1 heterocycles. The van der Waals surface area contributed by atoms with Crippen LogP contribution in [0.25, 0.3) is 0 Å². The van der Waals surface area contributed by atoms with Crippen LogP contribution in [0.15, 0.2) is 30.3 Å².